The molecule has 0 aromatic carbocycles. The molecule has 0 aliphatic carbocycles. The molecule has 1 aliphatic rings. The van der Waals surface area contributed by atoms with Crippen molar-refractivity contribution in [2.45, 2.75) is 39.3 Å². The van der Waals surface area contributed by atoms with Gasteiger partial charge < -0.3 is 10.2 Å². The van der Waals surface area contributed by atoms with Crippen LogP contribution in [-0.4, -0.2) is 49.7 Å². The van der Waals surface area contributed by atoms with Crippen LogP contribution in [0.15, 0.2) is 0 Å². The molecule has 1 aromatic heterocycles. The van der Waals surface area contributed by atoms with Crippen LogP contribution < -0.4 is 10.2 Å². The number of anilines is 1. The summed E-state index contributed by atoms with van der Waals surface area (Å²) < 4.78 is 0. The highest BCUT2D eigenvalue weighted by Gasteiger charge is 2.25. The zero-order chi connectivity index (χ0) is 13.8. The molecule has 1 aromatic rings. The van der Waals surface area contributed by atoms with Gasteiger partial charge in [0, 0.05) is 31.1 Å². The molecule has 0 saturated carbocycles. The summed E-state index contributed by atoms with van der Waals surface area (Å²) in [6.07, 6.45) is 2.67. The molecule has 1 saturated heterocycles. The molecule has 4 nitrogen and oxygen atoms in total. The minimum atomic E-state index is 0.701. The summed E-state index contributed by atoms with van der Waals surface area (Å²) in [7, 11) is 4.16. The van der Waals surface area contributed by atoms with E-state index in [9.17, 15) is 0 Å². The van der Waals surface area contributed by atoms with Gasteiger partial charge in [-0.1, -0.05) is 6.92 Å². The Morgan fingerprint density at radius 2 is 2.32 bits per heavy atom. The number of rotatable bonds is 6. The first kappa shape index (κ1) is 14.8. The summed E-state index contributed by atoms with van der Waals surface area (Å²) in [4.78, 5) is 11.0. The summed E-state index contributed by atoms with van der Waals surface area (Å²) in [5.74, 6) is 0. The minimum Gasteiger partial charge on any atom is -0.350 e. The van der Waals surface area contributed by atoms with E-state index in [-0.39, 0.29) is 0 Å². The average molecular weight is 282 g/mol. The van der Waals surface area contributed by atoms with Crippen molar-refractivity contribution < 1.29 is 0 Å². The number of nitrogens with zero attached hydrogens (tertiary/aromatic N) is 3. The predicted molar refractivity (Wildman–Crippen MR) is 83.2 cm³/mol. The molecule has 1 atom stereocenters. The fourth-order valence-corrected chi connectivity index (χ4v) is 3.86. The fraction of sp³-hybridized carbons (Fsp3) is 0.786. The largest absolute Gasteiger partial charge is 0.350 e. The molecule has 5 heteroatoms. The first-order chi connectivity index (χ1) is 9.15. The topological polar surface area (TPSA) is 31.4 Å². The molecule has 0 bridgehead atoms. The third-order valence-corrected chi connectivity index (χ3v) is 5.21. The standard InChI is InChI=1S/C14H26N4S/c1-5-18-8-6-7-12(18)10-17(4)14-16-11(2)13(19-14)9-15-3/h12,15H,5-10H2,1-4H3. The summed E-state index contributed by atoms with van der Waals surface area (Å²) >= 11 is 1.82. The average Bonchev–Trinajstić information content (AvgIpc) is 2.97. The summed E-state index contributed by atoms with van der Waals surface area (Å²) in [5, 5.41) is 4.37. The van der Waals surface area contributed by atoms with Crippen molar-refractivity contribution in [2.75, 3.05) is 38.6 Å². The van der Waals surface area contributed by atoms with Crippen molar-refractivity contribution in [2.24, 2.45) is 0 Å². The highest BCUT2D eigenvalue weighted by molar-refractivity contribution is 7.15. The lowest BCUT2D eigenvalue weighted by Gasteiger charge is -2.27. The van der Waals surface area contributed by atoms with E-state index < -0.39 is 0 Å². The van der Waals surface area contributed by atoms with Crippen molar-refractivity contribution in [1.82, 2.24) is 15.2 Å². The van der Waals surface area contributed by atoms with E-state index in [0.717, 1.165) is 18.2 Å². The lowest BCUT2D eigenvalue weighted by Crippen LogP contribution is -2.38. The van der Waals surface area contributed by atoms with E-state index in [0.29, 0.717) is 6.04 Å². The van der Waals surface area contributed by atoms with Crippen LogP contribution in [-0.2, 0) is 6.54 Å². The maximum atomic E-state index is 4.71. The van der Waals surface area contributed by atoms with Gasteiger partial charge in [0.2, 0.25) is 0 Å². The highest BCUT2D eigenvalue weighted by Crippen LogP contribution is 2.27. The molecule has 1 N–H and O–H groups in total. The van der Waals surface area contributed by atoms with Crippen LogP contribution in [0.2, 0.25) is 0 Å². The molecule has 19 heavy (non-hydrogen) atoms. The number of aromatic nitrogens is 1. The van der Waals surface area contributed by atoms with Crippen molar-refractivity contribution in [3.8, 4) is 0 Å². The maximum absolute atomic E-state index is 4.71. The third kappa shape index (κ3) is 3.46. The van der Waals surface area contributed by atoms with Gasteiger partial charge in [0.1, 0.15) is 0 Å². The summed E-state index contributed by atoms with van der Waals surface area (Å²) in [6.45, 7) is 8.81. The van der Waals surface area contributed by atoms with Crippen molar-refractivity contribution >= 4 is 16.5 Å². The van der Waals surface area contributed by atoms with Gasteiger partial charge in [-0.15, -0.1) is 11.3 Å². The number of hydrogen-bond donors (Lipinski definition) is 1. The number of aryl methyl sites for hydroxylation is 1. The lowest BCUT2D eigenvalue weighted by atomic mass is 10.2. The SMILES string of the molecule is CCN1CCCC1CN(C)c1nc(C)c(CNC)s1. The Morgan fingerprint density at radius 1 is 1.53 bits per heavy atom. The molecule has 2 rings (SSSR count). The van der Waals surface area contributed by atoms with Crippen LogP contribution in [0.3, 0.4) is 0 Å². The van der Waals surface area contributed by atoms with E-state index in [1.54, 1.807) is 0 Å². The Kier molecular flexibility index (Phi) is 5.19. The Labute approximate surface area is 120 Å². The Balaban J connectivity index is 1.99. The minimum absolute atomic E-state index is 0.701. The van der Waals surface area contributed by atoms with Crippen molar-refractivity contribution in [3.05, 3.63) is 10.6 Å². The number of hydrogen-bond acceptors (Lipinski definition) is 5. The van der Waals surface area contributed by atoms with Gasteiger partial charge in [-0.05, 0) is 39.9 Å². The molecule has 1 unspecified atom stereocenters. The van der Waals surface area contributed by atoms with Crippen molar-refractivity contribution in [3.63, 3.8) is 0 Å². The van der Waals surface area contributed by atoms with Crippen LogP contribution in [0.25, 0.3) is 0 Å². The van der Waals surface area contributed by atoms with Gasteiger partial charge in [-0.3, -0.25) is 4.90 Å². The number of likely N-dealkylation sites (tertiary alicyclic amines) is 1. The van der Waals surface area contributed by atoms with Gasteiger partial charge >= 0.3 is 0 Å². The van der Waals surface area contributed by atoms with Crippen LogP contribution in [0.5, 0.6) is 0 Å². The van der Waals surface area contributed by atoms with E-state index >= 15 is 0 Å². The van der Waals surface area contributed by atoms with E-state index in [1.807, 2.05) is 18.4 Å². The zero-order valence-corrected chi connectivity index (χ0v) is 13.4. The van der Waals surface area contributed by atoms with Crippen LogP contribution in [0, 0.1) is 6.92 Å². The molecular weight excluding hydrogens is 256 g/mol. The molecule has 1 aliphatic heterocycles. The normalized spacial score (nSPS) is 20.1. The molecule has 0 amide bonds. The second kappa shape index (κ2) is 6.68. The monoisotopic (exact) mass is 282 g/mol. The maximum Gasteiger partial charge on any atom is 0.185 e. The van der Waals surface area contributed by atoms with E-state index in [1.165, 1.54) is 36.5 Å². The van der Waals surface area contributed by atoms with Gasteiger partial charge in [-0.25, -0.2) is 4.98 Å². The number of nitrogens with one attached hydrogen (secondary N) is 1. The Hall–Kier alpha value is -0.650. The summed E-state index contributed by atoms with van der Waals surface area (Å²) in [6, 6.07) is 0.701. The third-order valence-electron chi connectivity index (χ3n) is 3.94. The van der Waals surface area contributed by atoms with Gasteiger partial charge in [0.05, 0.1) is 5.69 Å². The second-order valence-corrected chi connectivity index (χ2v) is 6.40. The Morgan fingerprint density at radius 3 is 3.00 bits per heavy atom. The lowest BCUT2D eigenvalue weighted by molar-refractivity contribution is 0.270. The first-order valence-corrected chi connectivity index (χ1v) is 8.03. The second-order valence-electron chi connectivity index (χ2n) is 5.34. The molecule has 108 valence electrons. The summed E-state index contributed by atoms with van der Waals surface area (Å²) in [5.41, 5.74) is 1.17. The van der Waals surface area contributed by atoms with Gasteiger partial charge in [0.25, 0.3) is 0 Å². The molecule has 0 spiro atoms. The Bertz CT molecular complexity index is 404. The van der Waals surface area contributed by atoms with Gasteiger partial charge in [0.15, 0.2) is 5.13 Å². The zero-order valence-electron chi connectivity index (χ0n) is 12.6. The highest BCUT2D eigenvalue weighted by atomic mass is 32.1. The smallest absolute Gasteiger partial charge is 0.185 e. The van der Waals surface area contributed by atoms with Crippen LogP contribution in [0.1, 0.15) is 30.3 Å². The van der Waals surface area contributed by atoms with Crippen LogP contribution in [0.4, 0.5) is 5.13 Å². The fourth-order valence-electron chi connectivity index (χ4n) is 2.81. The number of thiazole rings is 1. The number of likely N-dealkylation sites (N-methyl/N-ethyl adjacent to an activating group) is 2. The van der Waals surface area contributed by atoms with E-state index in [2.05, 4.69) is 36.0 Å². The molecule has 0 radical (unpaired) electrons. The molecule has 1 fully saturated rings. The molecular formula is C14H26N4S. The van der Waals surface area contributed by atoms with Crippen molar-refractivity contribution in [1.29, 1.82) is 0 Å². The van der Waals surface area contributed by atoms with Crippen LogP contribution >= 0.6 is 11.3 Å². The quantitative estimate of drug-likeness (QED) is 0.866. The first-order valence-electron chi connectivity index (χ1n) is 7.21. The predicted octanol–water partition coefficient (Wildman–Crippen LogP) is 2.09. The van der Waals surface area contributed by atoms with E-state index in [4.69, 9.17) is 4.98 Å². The molecule has 2 heterocycles. The van der Waals surface area contributed by atoms with Gasteiger partial charge in [-0.2, -0.15) is 0 Å².